The molecule has 0 unspecified atom stereocenters. The quantitative estimate of drug-likeness (QED) is 0.757. The smallest absolute Gasteiger partial charge is 0.272 e. The molecule has 0 radical (unpaired) electrons. The number of methoxy groups -OCH3 is 2. The van der Waals surface area contributed by atoms with E-state index < -0.39 is 0 Å². The molecule has 0 aliphatic carbocycles. The Morgan fingerprint density at radius 2 is 1.93 bits per heavy atom. The highest BCUT2D eigenvalue weighted by Crippen LogP contribution is 2.33. The van der Waals surface area contributed by atoms with Crippen molar-refractivity contribution in [3.63, 3.8) is 0 Å². The van der Waals surface area contributed by atoms with E-state index in [1.54, 1.807) is 26.5 Å². The molecule has 144 valence electrons. The molecule has 2 aromatic rings. The van der Waals surface area contributed by atoms with Crippen LogP contribution in [0.1, 0.15) is 41.4 Å². The molecule has 1 aliphatic rings. The third-order valence-electron chi connectivity index (χ3n) is 4.85. The van der Waals surface area contributed by atoms with Gasteiger partial charge in [0.1, 0.15) is 5.69 Å². The maximum Gasteiger partial charge on any atom is 0.272 e. The number of carbonyl (C=O) groups excluding carboxylic acids is 1. The number of unbranched alkanes of at least 4 members (excludes halogenated alkanes) is 1. The van der Waals surface area contributed by atoms with Crippen LogP contribution in [0.15, 0.2) is 30.5 Å². The molecule has 27 heavy (non-hydrogen) atoms. The molecule has 1 N–H and O–H groups in total. The first-order chi connectivity index (χ1) is 13.2. The number of hydrogen-bond donors (Lipinski definition) is 1. The van der Waals surface area contributed by atoms with Crippen LogP contribution in [0.4, 0.5) is 5.69 Å². The Balaban J connectivity index is 1.70. The summed E-state index contributed by atoms with van der Waals surface area (Å²) in [5.74, 6) is 1.37. The molecule has 6 heteroatoms. The van der Waals surface area contributed by atoms with E-state index in [-0.39, 0.29) is 5.91 Å². The van der Waals surface area contributed by atoms with E-state index in [0.29, 0.717) is 24.5 Å². The predicted octanol–water partition coefficient (Wildman–Crippen LogP) is 3.51. The molecular weight excluding hydrogens is 342 g/mol. The van der Waals surface area contributed by atoms with Crippen LogP contribution in [0.25, 0.3) is 0 Å². The van der Waals surface area contributed by atoms with Gasteiger partial charge in [0.05, 0.1) is 26.1 Å². The van der Waals surface area contributed by atoms with E-state index >= 15 is 0 Å². The second kappa shape index (κ2) is 8.75. The molecule has 1 amide bonds. The van der Waals surface area contributed by atoms with Gasteiger partial charge < -0.3 is 19.7 Å². The highest BCUT2D eigenvalue weighted by molar-refractivity contribution is 5.92. The van der Waals surface area contributed by atoms with Crippen molar-refractivity contribution in [3.05, 3.63) is 47.3 Å². The van der Waals surface area contributed by atoms with Gasteiger partial charge in [0.15, 0.2) is 11.5 Å². The molecule has 0 spiro atoms. The highest BCUT2D eigenvalue weighted by atomic mass is 16.5. The van der Waals surface area contributed by atoms with Gasteiger partial charge in [0.25, 0.3) is 5.91 Å². The van der Waals surface area contributed by atoms with Gasteiger partial charge in [-0.3, -0.25) is 4.79 Å². The fourth-order valence-electron chi connectivity index (χ4n) is 3.25. The summed E-state index contributed by atoms with van der Waals surface area (Å²) in [6.45, 7) is 4.29. The van der Waals surface area contributed by atoms with Crippen molar-refractivity contribution in [1.82, 2.24) is 9.88 Å². The van der Waals surface area contributed by atoms with Crippen LogP contribution in [-0.2, 0) is 13.0 Å². The number of amides is 1. The molecule has 6 nitrogen and oxygen atoms in total. The van der Waals surface area contributed by atoms with Gasteiger partial charge in [-0.25, -0.2) is 4.98 Å². The monoisotopic (exact) mass is 369 g/mol. The van der Waals surface area contributed by atoms with E-state index in [4.69, 9.17) is 9.47 Å². The second-order valence-electron chi connectivity index (χ2n) is 6.67. The third-order valence-corrected chi connectivity index (χ3v) is 4.85. The number of anilines is 1. The fraction of sp³-hybridized carbons (Fsp3) is 0.429. The number of carbonyl (C=O) groups is 1. The Morgan fingerprint density at radius 1 is 1.19 bits per heavy atom. The number of pyridine rings is 1. The van der Waals surface area contributed by atoms with Gasteiger partial charge >= 0.3 is 0 Å². The fourth-order valence-corrected chi connectivity index (χ4v) is 3.25. The standard InChI is InChI=1S/C21H27N3O3/c1-4-5-9-22-17-6-7-18(23-13-17)21(25)24-10-8-15-11-19(26-2)20(27-3)12-16(15)14-24/h6-7,11-13,22H,4-5,8-10,14H2,1-3H3. The van der Waals surface area contributed by atoms with Crippen molar-refractivity contribution >= 4 is 11.6 Å². The van der Waals surface area contributed by atoms with E-state index in [0.717, 1.165) is 42.8 Å². The minimum Gasteiger partial charge on any atom is -0.493 e. The molecule has 1 aromatic heterocycles. The molecule has 2 heterocycles. The summed E-state index contributed by atoms with van der Waals surface area (Å²) in [7, 11) is 3.26. The van der Waals surface area contributed by atoms with Crippen LogP contribution in [0.2, 0.25) is 0 Å². The third kappa shape index (κ3) is 4.32. The number of ether oxygens (including phenoxy) is 2. The first-order valence-corrected chi connectivity index (χ1v) is 9.39. The second-order valence-corrected chi connectivity index (χ2v) is 6.67. The average molecular weight is 369 g/mol. The van der Waals surface area contributed by atoms with Crippen LogP contribution in [0.3, 0.4) is 0 Å². The Hall–Kier alpha value is -2.76. The average Bonchev–Trinajstić information content (AvgIpc) is 2.72. The summed E-state index contributed by atoms with van der Waals surface area (Å²) in [5.41, 5.74) is 3.70. The number of benzene rings is 1. The molecule has 0 bridgehead atoms. The summed E-state index contributed by atoms with van der Waals surface area (Å²) < 4.78 is 10.8. The van der Waals surface area contributed by atoms with Gasteiger partial charge in [-0.05, 0) is 48.2 Å². The lowest BCUT2D eigenvalue weighted by Crippen LogP contribution is -2.36. The Labute approximate surface area is 160 Å². The molecule has 1 aromatic carbocycles. The summed E-state index contributed by atoms with van der Waals surface area (Å²) in [6.07, 6.45) is 4.78. The highest BCUT2D eigenvalue weighted by Gasteiger charge is 2.24. The first kappa shape index (κ1) is 19.0. The van der Waals surface area contributed by atoms with E-state index in [1.807, 2.05) is 23.1 Å². The van der Waals surface area contributed by atoms with E-state index in [2.05, 4.69) is 17.2 Å². The normalized spacial score (nSPS) is 13.1. The van der Waals surface area contributed by atoms with Crippen molar-refractivity contribution in [2.75, 3.05) is 32.6 Å². The number of nitrogens with zero attached hydrogens (tertiary/aromatic N) is 2. The molecule has 3 rings (SSSR count). The lowest BCUT2D eigenvalue weighted by atomic mass is 9.98. The van der Waals surface area contributed by atoms with Crippen molar-refractivity contribution in [2.45, 2.75) is 32.7 Å². The largest absolute Gasteiger partial charge is 0.493 e. The van der Waals surface area contributed by atoms with Crippen molar-refractivity contribution in [2.24, 2.45) is 0 Å². The maximum atomic E-state index is 12.8. The predicted molar refractivity (Wildman–Crippen MR) is 106 cm³/mol. The molecule has 0 atom stereocenters. The summed E-state index contributed by atoms with van der Waals surface area (Å²) >= 11 is 0. The van der Waals surface area contributed by atoms with Crippen LogP contribution in [0, 0.1) is 0 Å². The number of aromatic nitrogens is 1. The van der Waals surface area contributed by atoms with E-state index in [9.17, 15) is 4.79 Å². The lowest BCUT2D eigenvalue weighted by Gasteiger charge is -2.29. The molecule has 0 saturated carbocycles. The molecule has 0 fully saturated rings. The summed E-state index contributed by atoms with van der Waals surface area (Å²) in [4.78, 5) is 19.0. The Morgan fingerprint density at radius 3 is 2.56 bits per heavy atom. The van der Waals surface area contributed by atoms with E-state index in [1.165, 1.54) is 5.56 Å². The topological polar surface area (TPSA) is 63.7 Å². The zero-order valence-electron chi connectivity index (χ0n) is 16.2. The van der Waals surface area contributed by atoms with Crippen molar-refractivity contribution in [1.29, 1.82) is 0 Å². The first-order valence-electron chi connectivity index (χ1n) is 9.39. The number of fused-ring (bicyclic) bond motifs is 1. The minimum atomic E-state index is -0.0458. The van der Waals surface area contributed by atoms with Crippen molar-refractivity contribution < 1.29 is 14.3 Å². The number of hydrogen-bond acceptors (Lipinski definition) is 5. The van der Waals surface area contributed by atoms with Gasteiger partial charge in [-0.15, -0.1) is 0 Å². The van der Waals surface area contributed by atoms with Gasteiger partial charge in [0, 0.05) is 19.6 Å². The molecule has 1 aliphatic heterocycles. The van der Waals surface area contributed by atoms with Crippen molar-refractivity contribution in [3.8, 4) is 11.5 Å². The van der Waals surface area contributed by atoms with Gasteiger partial charge in [-0.2, -0.15) is 0 Å². The maximum absolute atomic E-state index is 12.8. The van der Waals surface area contributed by atoms with Gasteiger partial charge in [0.2, 0.25) is 0 Å². The SMILES string of the molecule is CCCCNc1ccc(C(=O)N2CCc3cc(OC)c(OC)cc3C2)nc1. The summed E-state index contributed by atoms with van der Waals surface area (Å²) in [5, 5.41) is 3.31. The van der Waals surface area contributed by atoms with Gasteiger partial charge in [-0.1, -0.05) is 13.3 Å². The Bertz CT molecular complexity index is 790. The lowest BCUT2D eigenvalue weighted by molar-refractivity contribution is 0.0728. The summed E-state index contributed by atoms with van der Waals surface area (Å²) in [6, 6.07) is 7.68. The zero-order valence-corrected chi connectivity index (χ0v) is 16.2. The zero-order chi connectivity index (χ0) is 19.2. The molecular formula is C21H27N3O3. The van der Waals surface area contributed by atoms with Crippen LogP contribution < -0.4 is 14.8 Å². The number of nitrogens with one attached hydrogen (secondary N) is 1. The van der Waals surface area contributed by atoms with Crippen LogP contribution >= 0.6 is 0 Å². The minimum absolute atomic E-state index is 0.0458. The molecule has 0 saturated heterocycles. The Kier molecular flexibility index (Phi) is 6.16. The number of rotatable bonds is 7. The van der Waals surface area contributed by atoms with Crippen LogP contribution in [0.5, 0.6) is 11.5 Å². The van der Waals surface area contributed by atoms with Crippen LogP contribution in [-0.4, -0.2) is 43.1 Å².